The van der Waals surface area contributed by atoms with E-state index >= 15 is 0 Å². The summed E-state index contributed by atoms with van der Waals surface area (Å²) in [6.07, 6.45) is 4.59. The highest BCUT2D eigenvalue weighted by Gasteiger charge is 2.41. The molecule has 0 radical (unpaired) electrons. The van der Waals surface area contributed by atoms with Crippen LogP contribution in [0.2, 0.25) is 0 Å². The zero-order chi connectivity index (χ0) is 19.0. The Morgan fingerprint density at radius 3 is 2.46 bits per heavy atom. The molecule has 0 saturated heterocycles. The molecule has 0 spiro atoms. The van der Waals surface area contributed by atoms with Crippen molar-refractivity contribution in [3.05, 3.63) is 35.4 Å². The highest BCUT2D eigenvalue weighted by molar-refractivity contribution is 5.89. The van der Waals surface area contributed by atoms with Crippen LogP contribution in [0.15, 0.2) is 24.3 Å². The molecule has 26 heavy (non-hydrogen) atoms. The summed E-state index contributed by atoms with van der Waals surface area (Å²) in [6, 6.07) is 8.01. The molecular weight excluding hydrogens is 332 g/mol. The van der Waals surface area contributed by atoms with E-state index in [0.717, 1.165) is 25.7 Å². The molecule has 0 bridgehead atoms. The number of benzene rings is 1. The molecule has 1 fully saturated rings. The fourth-order valence-corrected chi connectivity index (χ4v) is 3.42. The average molecular weight is 360 g/mol. The van der Waals surface area contributed by atoms with E-state index in [0.29, 0.717) is 19.4 Å². The molecule has 2 N–H and O–H groups in total. The van der Waals surface area contributed by atoms with Gasteiger partial charge in [0.1, 0.15) is 5.54 Å². The number of aryl methyl sites for hydroxylation is 1. The van der Waals surface area contributed by atoms with Crippen LogP contribution < -0.4 is 10.6 Å². The summed E-state index contributed by atoms with van der Waals surface area (Å²) in [5, 5.41) is 5.51. The molecule has 0 atom stereocenters. The molecule has 2 rings (SSSR count). The average Bonchev–Trinajstić information content (AvgIpc) is 2.61. The fraction of sp³-hybridized carbons (Fsp3) is 0.550. The van der Waals surface area contributed by atoms with Gasteiger partial charge in [-0.25, -0.2) is 4.79 Å². The van der Waals surface area contributed by atoms with Gasteiger partial charge in [-0.05, 0) is 37.3 Å². The number of ether oxygens (including phenoxy) is 1. The first-order valence-electron chi connectivity index (χ1n) is 9.20. The molecule has 142 valence electrons. The Kier molecular flexibility index (Phi) is 7.18. The Labute approximate surface area is 154 Å². The van der Waals surface area contributed by atoms with Gasteiger partial charge in [0.05, 0.1) is 0 Å². The second-order valence-corrected chi connectivity index (χ2v) is 6.93. The fourth-order valence-electron chi connectivity index (χ4n) is 3.42. The summed E-state index contributed by atoms with van der Waals surface area (Å²) in [6.45, 7) is 3.58. The number of hydrogen-bond acceptors (Lipinski definition) is 4. The van der Waals surface area contributed by atoms with E-state index in [9.17, 15) is 14.4 Å². The standard InChI is InChI=1S/C20H28N2O4/c1-15-8-4-5-9-17(15)10-13-21-18(24)14-26-19(25)20(22-16(2)23)11-6-3-7-12-20/h4-5,8-9H,3,6-7,10-14H2,1-2H3,(H,21,24)(H,22,23). The minimum Gasteiger partial charge on any atom is -0.454 e. The number of carbonyl (C=O) groups is 3. The maximum absolute atomic E-state index is 12.5. The minimum absolute atomic E-state index is 0.258. The summed E-state index contributed by atoms with van der Waals surface area (Å²) in [5.74, 6) is -1.10. The van der Waals surface area contributed by atoms with Crippen molar-refractivity contribution in [1.82, 2.24) is 10.6 Å². The van der Waals surface area contributed by atoms with E-state index in [1.165, 1.54) is 18.1 Å². The second-order valence-electron chi connectivity index (χ2n) is 6.93. The zero-order valence-corrected chi connectivity index (χ0v) is 15.6. The molecule has 1 aromatic carbocycles. The second kappa shape index (κ2) is 9.36. The third-order valence-electron chi connectivity index (χ3n) is 4.83. The number of amides is 2. The summed E-state index contributed by atoms with van der Waals surface area (Å²) in [5.41, 5.74) is 1.38. The predicted octanol–water partition coefficient (Wildman–Crippen LogP) is 2.04. The monoisotopic (exact) mass is 360 g/mol. The van der Waals surface area contributed by atoms with Crippen molar-refractivity contribution < 1.29 is 19.1 Å². The van der Waals surface area contributed by atoms with Gasteiger partial charge >= 0.3 is 5.97 Å². The lowest BCUT2D eigenvalue weighted by molar-refractivity contribution is -0.158. The molecule has 1 aliphatic carbocycles. The van der Waals surface area contributed by atoms with Crippen LogP contribution in [0.4, 0.5) is 0 Å². The van der Waals surface area contributed by atoms with Crippen molar-refractivity contribution in [2.24, 2.45) is 0 Å². The normalized spacial score (nSPS) is 15.8. The van der Waals surface area contributed by atoms with Crippen molar-refractivity contribution in [2.45, 2.75) is 57.9 Å². The number of esters is 1. The number of rotatable bonds is 7. The summed E-state index contributed by atoms with van der Waals surface area (Å²) >= 11 is 0. The summed E-state index contributed by atoms with van der Waals surface area (Å²) < 4.78 is 5.21. The van der Waals surface area contributed by atoms with Gasteiger partial charge in [-0.15, -0.1) is 0 Å². The van der Waals surface area contributed by atoms with Crippen molar-refractivity contribution in [3.8, 4) is 0 Å². The maximum atomic E-state index is 12.5. The van der Waals surface area contributed by atoms with Gasteiger partial charge in [0.15, 0.2) is 6.61 Å². The minimum atomic E-state index is -0.981. The first-order valence-corrected chi connectivity index (χ1v) is 9.20. The van der Waals surface area contributed by atoms with E-state index in [4.69, 9.17) is 4.74 Å². The van der Waals surface area contributed by atoms with Crippen LogP contribution in [-0.4, -0.2) is 36.5 Å². The highest BCUT2D eigenvalue weighted by Crippen LogP contribution is 2.29. The van der Waals surface area contributed by atoms with E-state index in [1.807, 2.05) is 31.2 Å². The highest BCUT2D eigenvalue weighted by atomic mass is 16.5. The van der Waals surface area contributed by atoms with Crippen LogP contribution in [0.25, 0.3) is 0 Å². The third kappa shape index (κ3) is 5.58. The maximum Gasteiger partial charge on any atom is 0.332 e. The largest absolute Gasteiger partial charge is 0.454 e. The van der Waals surface area contributed by atoms with Crippen LogP contribution in [0.5, 0.6) is 0 Å². The van der Waals surface area contributed by atoms with Crippen LogP contribution in [0.3, 0.4) is 0 Å². The number of carbonyl (C=O) groups excluding carboxylic acids is 3. The SMILES string of the molecule is CC(=O)NC1(C(=O)OCC(=O)NCCc2ccccc2C)CCCCC1. The molecule has 1 aromatic rings. The van der Waals surface area contributed by atoms with Gasteiger partial charge < -0.3 is 15.4 Å². The summed E-state index contributed by atoms with van der Waals surface area (Å²) in [7, 11) is 0. The number of nitrogens with one attached hydrogen (secondary N) is 2. The molecule has 2 amide bonds. The van der Waals surface area contributed by atoms with Crippen molar-refractivity contribution >= 4 is 17.8 Å². The molecule has 1 aliphatic rings. The Morgan fingerprint density at radius 1 is 1.12 bits per heavy atom. The molecule has 0 aliphatic heterocycles. The molecule has 0 unspecified atom stereocenters. The Hall–Kier alpha value is -2.37. The van der Waals surface area contributed by atoms with Crippen LogP contribution in [0, 0.1) is 6.92 Å². The third-order valence-corrected chi connectivity index (χ3v) is 4.83. The Bertz CT molecular complexity index is 651. The lowest BCUT2D eigenvalue weighted by atomic mass is 9.81. The van der Waals surface area contributed by atoms with Gasteiger partial charge in [-0.2, -0.15) is 0 Å². The summed E-state index contributed by atoms with van der Waals surface area (Å²) in [4.78, 5) is 35.9. The zero-order valence-electron chi connectivity index (χ0n) is 15.6. The first kappa shape index (κ1) is 19.9. The lowest BCUT2D eigenvalue weighted by Crippen LogP contribution is -2.56. The van der Waals surface area contributed by atoms with E-state index in [2.05, 4.69) is 10.6 Å². The molecule has 1 saturated carbocycles. The Morgan fingerprint density at radius 2 is 1.81 bits per heavy atom. The van der Waals surface area contributed by atoms with Crippen LogP contribution in [-0.2, 0) is 25.5 Å². The van der Waals surface area contributed by atoms with Crippen molar-refractivity contribution in [1.29, 1.82) is 0 Å². The number of hydrogen-bond donors (Lipinski definition) is 2. The molecular formula is C20H28N2O4. The smallest absolute Gasteiger partial charge is 0.332 e. The molecule has 6 nitrogen and oxygen atoms in total. The van der Waals surface area contributed by atoms with Crippen LogP contribution in [0.1, 0.15) is 50.2 Å². The first-order chi connectivity index (χ1) is 12.4. The quantitative estimate of drug-likeness (QED) is 0.729. The molecule has 6 heteroatoms. The van der Waals surface area contributed by atoms with Gasteiger partial charge in [0.25, 0.3) is 5.91 Å². The lowest BCUT2D eigenvalue weighted by Gasteiger charge is -2.35. The van der Waals surface area contributed by atoms with E-state index in [1.54, 1.807) is 0 Å². The molecule has 0 heterocycles. The Balaban J connectivity index is 1.79. The predicted molar refractivity (Wildman–Crippen MR) is 98.5 cm³/mol. The van der Waals surface area contributed by atoms with Gasteiger partial charge in [0.2, 0.25) is 5.91 Å². The topological polar surface area (TPSA) is 84.5 Å². The van der Waals surface area contributed by atoms with E-state index < -0.39 is 11.5 Å². The van der Waals surface area contributed by atoms with Crippen LogP contribution >= 0.6 is 0 Å². The van der Waals surface area contributed by atoms with Crippen molar-refractivity contribution in [3.63, 3.8) is 0 Å². The van der Waals surface area contributed by atoms with Gasteiger partial charge in [-0.1, -0.05) is 43.5 Å². The van der Waals surface area contributed by atoms with Gasteiger partial charge in [0, 0.05) is 13.5 Å². The molecule has 0 aromatic heterocycles. The van der Waals surface area contributed by atoms with Crippen molar-refractivity contribution in [2.75, 3.05) is 13.2 Å². The van der Waals surface area contributed by atoms with Gasteiger partial charge in [-0.3, -0.25) is 9.59 Å². The van der Waals surface area contributed by atoms with E-state index in [-0.39, 0.29) is 18.4 Å².